The largest absolute Gasteiger partial charge is 0.491 e. The Morgan fingerprint density at radius 1 is 1.40 bits per heavy atom. The van der Waals surface area contributed by atoms with E-state index in [1.807, 2.05) is 22.6 Å². The predicted molar refractivity (Wildman–Crippen MR) is 90.6 cm³/mol. The van der Waals surface area contributed by atoms with Crippen molar-refractivity contribution in [1.82, 2.24) is 4.90 Å². The molecule has 2 rings (SSSR count). The number of ether oxygens (including phenoxy) is 2. The smallest absolute Gasteiger partial charge is 0.256 e. The SMILES string of the molecule is COCCOc1ccc(C2=[C-]CC(I)C(=O)N2CC(F)F)c(F)c1.[Y]. The normalized spacial score (nSPS) is 17.4. The number of methoxy groups -OCH3 is 1. The number of halogens is 4. The maximum Gasteiger partial charge on any atom is 0.256 e. The fourth-order valence-electron chi connectivity index (χ4n) is 2.23. The van der Waals surface area contributed by atoms with Gasteiger partial charge in [0.25, 0.3) is 6.43 Å². The van der Waals surface area contributed by atoms with Crippen LogP contribution in [-0.4, -0.2) is 48.0 Å². The van der Waals surface area contributed by atoms with E-state index in [1.165, 1.54) is 19.2 Å². The third-order valence-electron chi connectivity index (χ3n) is 3.33. The van der Waals surface area contributed by atoms with E-state index in [4.69, 9.17) is 9.47 Å². The number of carbonyl (C=O) groups is 1. The van der Waals surface area contributed by atoms with Crippen LogP contribution in [0.15, 0.2) is 18.2 Å². The molecule has 1 unspecified atom stereocenters. The summed E-state index contributed by atoms with van der Waals surface area (Å²) in [4.78, 5) is 13.1. The molecule has 0 aliphatic carbocycles. The molecule has 0 spiro atoms. The van der Waals surface area contributed by atoms with E-state index < -0.39 is 28.6 Å². The molecule has 1 aliphatic heterocycles. The molecule has 1 heterocycles. The summed E-state index contributed by atoms with van der Waals surface area (Å²) in [7, 11) is 1.52. The van der Waals surface area contributed by atoms with E-state index >= 15 is 0 Å². The fraction of sp³-hybridized carbons (Fsp3) is 0.438. The van der Waals surface area contributed by atoms with Gasteiger partial charge in [0, 0.05) is 39.8 Å². The minimum absolute atomic E-state index is 0. The molecule has 1 amide bonds. The Balaban J connectivity index is 0.00000312. The van der Waals surface area contributed by atoms with Gasteiger partial charge in [-0.3, -0.25) is 4.79 Å². The molecule has 0 aromatic heterocycles. The number of nitrogens with zero attached hydrogens (tertiary/aromatic N) is 1. The number of rotatable bonds is 7. The van der Waals surface area contributed by atoms with Gasteiger partial charge < -0.3 is 14.4 Å². The Morgan fingerprint density at radius 3 is 2.72 bits per heavy atom. The summed E-state index contributed by atoms with van der Waals surface area (Å²) in [6.07, 6.45) is 0.398. The molecule has 4 nitrogen and oxygen atoms in total. The maximum atomic E-state index is 14.4. The average Bonchev–Trinajstić information content (AvgIpc) is 2.53. The molecule has 135 valence electrons. The number of alkyl halides is 3. The van der Waals surface area contributed by atoms with Crippen LogP contribution >= 0.6 is 22.6 Å². The minimum atomic E-state index is -2.72. The van der Waals surface area contributed by atoms with Crippen molar-refractivity contribution >= 4 is 34.2 Å². The van der Waals surface area contributed by atoms with E-state index in [-0.39, 0.29) is 57.0 Å². The van der Waals surface area contributed by atoms with Crippen LogP contribution in [0, 0.1) is 11.9 Å². The van der Waals surface area contributed by atoms with Crippen molar-refractivity contribution in [1.29, 1.82) is 0 Å². The van der Waals surface area contributed by atoms with Crippen molar-refractivity contribution in [3.8, 4) is 5.75 Å². The summed E-state index contributed by atoms with van der Waals surface area (Å²) in [5, 5.41) is 0. The van der Waals surface area contributed by atoms with Gasteiger partial charge in [-0.2, -0.15) is 0 Å². The Hall–Kier alpha value is -0.186. The van der Waals surface area contributed by atoms with E-state index in [0.29, 0.717) is 12.4 Å². The minimum Gasteiger partial charge on any atom is -0.491 e. The fourth-order valence-corrected chi connectivity index (χ4v) is 2.79. The Labute approximate surface area is 183 Å². The Bertz CT molecular complexity index is 631. The standard InChI is InChI=1S/C16H16F3INO3.Y/c1-23-6-7-24-10-2-3-11(12(17)8-10)14-5-4-13(20)16(22)21(14)9-15(18)19;/h2-3,8,13,15H,4,6-7,9H2,1H3;/q-1;. The van der Waals surface area contributed by atoms with Crippen molar-refractivity contribution in [2.75, 3.05) is 26.9 Å². The molecule has 1 aliphatic rings. The maximum absolute atomic E-state index is 14.4. The first kappa shape index (κ1) is 22.9. The number of allylic oxidation sites excluding steroid dienone is 1. The molecule has 0 saturated carbocycles. The molecule has 0 saturated heterocycles. The van der Waals surface area contributed by atoms with Crippen LogP contribution in [0.2, 0.25) is 0 Å². The van der Waals surface area contributed by atoms with Crippen molar-refractivity contribution in [2.45, 2.75) is 16.8 Å². The van der Waals surface area contributed by atoms with Gasteiger partial charge in [0.2, 0.25) is 5.91 Å². The Morgan fingerprint density at radius 2 is 2.12 bits per heavy atom. The molecule has 0 fully saturated rings. The monoisotopic (exact) mass is 543 g/mol. The van der Waals surface area contributed by atoms with Crippen LogP contribution in [-0.2, 0) is 42.2 Å². The predicted octanol–water partition coefficient (Wildman–Crippen LogP) is 3.29. The van der Waals surface area contributed by atoms with Crippen LogP contribution < -0.4 is 4.74 Å². The topological polar surface area (TPSA) is 38.8 Å². The van der Waals surface area contributed by atoms with Crippen LogP contribution in [0.1, 0.15) is 12.0 Å². The van der Waals surface area contributed by atoms with Gasteiger partial charge in [0.15, 0.2) is 0 Å². The van der Waals surface area contributed by atoms with Crippen molar-refractivity contribution < 1.29 is 60.1 Å². The van der Waals surface area contributed by atoms with Gasteiger partial charge >= 0.3 is 0 Å². The van der Waals surface area contributed by atoms with Crippen molar-refractivity contribution in [2.24, 2.45) is 0 Å². The first-order chi connectivity index (χ1) is 11.4. The first-order valence-corrected chi connectivity index (χ1v) is 8.44. The number of hydrogen-bond donors (Lipinski definition) is 0. The van der Waals surface area contributed by atoms with Crippen LogP contribution in [0.3, 0.4) is 0 Å². The molecule has 9 heteroatoms. The molecule has 1 aromatic rings. The average molecular weight is 543 g/mol. The Kier molecular flexibility index (Phi) is 9.91. The second-order valence-electron chi connectivity index (χ2n) is 5.02. The summed E-state index contributed by atoms with van der Waals surface area (Å²) in [5.41, 5.74) is 0.0977. The molecule has 25 heavy (non-hydrogen) atoms. The molecule has 0 N–H and O–H groups in total. The summed E-state index contributed by atoms with van der Waals surface area (Å²) in [5.74, 6) is -0.834. The van der Waals surface area contributed by atoms with Crippen LogP contribution in [0.4, 0.5) is 13.2 Å². The van der Waals surface area contributed by atoms with Crippen molar-refractivity contribution in [3.63, 3.8) is 0 Å². The molecular weight excluding hydrogens is 527 g/mol. The zero-order chi connectivity index (χ0) is 17.7. The molecule has 1 aromatic carbocycles. The third kappa shape index (κ3) is 6.18. The second-order valence-corrected chi connectivity index (χ2v) is 6.52. The summed E-state index contributed by atoms with van der Waals surface area (Å²) in [6, 6.07) is 4.07. The summed E-state index contributed by atoms with van der Waals surface area (Å²) in [6.45, 7) is -0.168. The molecular formula is C16H16F3INO3Y-. The van der Waals surface area contributed by atoms with Gasteiger partial charge in [-0.1, -0.05) is 29.0 Å². The van der Waals surface area contributed by atoms with Gasteiger partial charge in [-0.15, -0.1) is 17.3 Å². The van der Waals surface area contributed by atoms with E-state index in [2.05, 4.69) is 6.08 Å². The van der Waals surface area contributed by atoms with Gasteiger partial charge in [0.05, 0.1) is 22.9 Å². The molecule has 1 atom stereocenters. The van der Waals surface area contributed by atoms with Crippen molar-refractivity contribution in [3.05, 3.63) is 35.7 Å². The molecule has 0 bridgehead atoms. The number of carbonyl (C=O) groups excluding carboxylic acids is 1. The zero-order valence-corrected chi connectivity index (χ0v) is 18.5. The summed E-state index contributed by atoms with van der Waals surface area (Å²) >= 11 is 1.87. The number of hydrogen-bond acceptors (Lipinski definition) is 3. The third-order valence-corrected chi connectivity index (χ3v) is 4.30. The van der Waals surface area contributed by atoms with E-state index in [0.717, 1.165) is 11.0 Å². The quantitative estimate of drug-likeness (QED) is 0.230. The van der Waals surface area contributed by atoms with E-state index in [9.17, 15) is 18.0 Å². The second kappa shape index (κ2) is 10.8. The van der Waals surface area contributed by atoms with Gasteiger partial charge in [-0.25, -0.2) is 19.2 Å². The first-order valence-electron chi connectivity index (χ1n) is 7.20. The zero-order valence-electron chi connectivity index (χ0n) is 13.5. The number of amides is 1. The van der Waals surface area contributed by atoms with Gasteiger partial charge in [-0.05, 0) is 12.1 Å². The number of benzene rings is 1. The van der Waals surface area contributed by atoms with Crippen LogP contribution in [0.25, 0.3) is 5.70 Å². The molecule has 1 radical (unpaired) electrons. The van der Waals surface area contributed by atoms with E-state index in [1.54, 1.807) is 0 Å². The van der Waals surface area contributed by atoms with Crippen LogP contribution in [0.5, 0.6) is 5.75 Å². The summed E-state index contributed by atoms with van der Waals surface area (Å²) < 4.78 is 49.6. The van der Waals surface area contributed by atoms with Gasteiger partial charge in [0.1, 0.15) is 12.4 Å².